The maximum absolute atomic E-state index is 9.38. The fourth-order valence-corrected chi connectivity index (χ4v) is 0. The van der Waals surface area contributed by atoms with Crippen molar-refractivity contribution in [3.05, 3.63) is 0 Å². The van der Waals surface area contributed by atoms with Gasteiger partial charge in [-0.15, -0.1) is 0 Å². The number of thiol groups is 2. The molecule has 40 valence electrons. The molecule has 0 aromatic rings. The van der Waals surface area contributed by atoms with E-state index in [1.165, 1.54) is 0 Å². The predicted molar refractivity (Wildman–Crippen MR) is 24.5 cm³/mol. The Kier molecular flexibility index (Phi) is 9.86. The van der Waals surface area contributed by atoms with Crippen LogP contribution in [0.4, 0.5) is 4.79 Å². The molecule has 0 unspecified atom stereocenters. The summed E-state index contributed by atoms with van der Waals surface area (Å²) in [4.78, 5) is 9.38. The van der Waals surface area contributed by atoms with Crippen molar-refractivity contribution >= 4 is 30.8 Å². The summed E-state index contributed by atoms with van der Waals surface area (Å²) in [5.41, 5.74) is 0. The van der Waals surface area contributed by atoms with E-state index < -0.39 is 5.30 Å². The standard InChI is InChI=1S/CH2O2S2.Au/c2-1(4)3-5;/h5H,(H,2,4);/q;+1. The molecular formula is CH2AuO2S2+. The molecule has 0 aromatic heterocycles. The zero-order valence-electron chi connectivity index (χ0n) is 2.51. The Bertz CT molecular complexity index is 46.8. The Balaban J connectivity index is 0. The largest absolute Gasteiger partial charge is 1.00 e. The summed E-state index contributed by atoms with van der Waals surface area (Å²) >= 11 is 6.25. The monoisotopic (exact) mass is 307 g/mol. The van der Waals surface area contributed by atoms with Crippen molar-refractivity contribution in [1.29, 1.82) is 0 Å². The molecule has 0 aromatic carbocycles. The van der Waals surface area contributed by atoms with Gasteiger partial charge in [-0.3, -0.25) is 0 Å². The van der Waals surface area contributed by atoms with Gasteiger partial charge < -0.3 is 4.18 Å². The van der Waals surface area contributed by atoms with Crippen LogP contribution in [0.5, 0.6) is 0 Å². The van der Waals surface area contributed by atoms with E-state index in [0.717, 1.165) is 0 Å². The zero-order valence-corrected chi connectivity index (χ0v) is 6.47. The SMILES string of the molecule is O=C(S)OS.[Au+]. The van der Waals surface area contributed by atoms with Gasteiger partial charge in [-0.1, -0.05) is 12.6 Å². The number of carbonyl (C=O) groups excluding carboxylic acids is 1. The van der Waals surface area contributed by atoms with Crippen LogP contribution in [0.2, 0.25) is 0 Å². The normalized spacial score (nSPS) is 5.67. The van der Waals surface area contributed by atoms with Crippen molar-refractivity contribution in [3.63, 3.8) is 0 Å². The third-order valence-electron chi connectivity index (χ3n) is 0.0781. The maximum atomic E-state index is 9.38. The van der Waals surface area contributed by atoms with Crippen molar-refractivity contribution in [3.8, 4) is 0 Å². The van der Waals surface area contributed by atoms with E-state index in [1.54, 1.807) is 0 Å². The Morgan fingerprint density at radius 3 is 1.83 bits per heavy atom. The summed E-state index contributed by atoms with van der Waals surface area (Å²) in [5, 5.41) is -0.687. The van der Waals surface area contributed by atoms with Gasteiger partial charge in [0.25, 0.3) is 0 Å². The van der Waals surface area contributed by atoms with Crippen molar-refractivity contribution < 1.29 is 31.4 Å². The molecule has 0 amide bonds. The molecule has 0 rings (SSSR count). The number of hydrogen-bond acceptors (Lipinski definition) is 3. The first-order chi connectivity index (χ1) is 2.27. The van der Waals surface area contributed by atoms with Crippen LogP contribution < -0.4 is 0 Å². The van der Waals surface area contributed by atoms with Crippen molar-refractivity contribution in [1.82, 2.24) is 0 Å². The molecular weight excluding hydrogens is 305 g/mol. The molecule has 0 N–H and O–H groups in total. The first-order valence-corrected chi connectivity index (χ1v) is 1.63. The zero-order chi connectivity index (χ0) is 4.28. The van der Waals surface area contributed by atoms with E-state index in [9.17, 15) is 4.79 Å². The molecule has 0 spiro atoms. The Morgan fingerprint density at radius 2 is 1.83 bits per heavy atom. The summed E-state index contributed by atoms with van der Waals surface area (Å²) < 4.78 is 3.67. The molecule has 0 heterocycles. The summed E-state index contributed by atoms with van der Waals surface area (Å²) in [6, 6.07) is 0. The van der Waals surface area contributed by atoms with Crippen molar-refractivity contribution in [2.24, 2.45) is 0 Å². The van der Waals surface area contributed by atoms with Gasteiger partial charge in [-0.2, -0.15) is 0 Å². The average molecular weight is 307 g/mol. The van der Waals surface area contributed by atoms with E-state index in [2.05, 4.69) is 29.7 Å². The minimum atomic E-state index is -0.687. The van der Waals surface area contributed by atoms with Gasteiger partial charge in [0.1, 0.15) is 0 Å². The van der Waals surface area contributed by atoms with E-state index in [0.29, 0.717) is 0 Å². The molecule has 0 saturated heterocycles. The molecule has 2 nitrogen and oxygen atoms in total. The first kappa shape index (κ1) is 10.0. The van der Waals surface area contributed by atoms with Gasteiger partial charge >= 0.3 is 27.7 Å². The molecule has 0 fully saturated rings. The molecule has 5 heteroatoms. The second-order valence-corrected chi connectivity index (χ2v) is 0.905. The van der Waals surface area contributed by atoms with Crippen LogP contribution in [-0.4, -0.2) is 5.30 Å². The van der Waals surface area contributed by atoms with Crippen LogP contribution in [0.1, 0.15) is 0 Å². The fourth-order valence-electron chi connectivity index (χ4n) is 0. The maximum Gasteiger partial charge on any atom is 1.00 e. The molecule has 0 bridgehead atoms. The summed E-state index contributed by atoms with van der Waals surface area (Å²) in [7, 11) is 0. The molecule has 0 aliphatic rings. The molecule has 0 aliphatic carbocycles. The minimum Gasteiger partial charge on any atom is -0.387 e. The average Bonchev–Trinajstić information content (AvgIpc) is 1.38. The Labute approximate surface area is 62.2 Å². The van der Waals surface area contributed by atoms with Crippen molar-refractivity contribution in [2.45, 2.75) is 0 Å². The number of carbonyl (C=O) groups is 1. The summed E-state index contributed by atoms with van der Waals surface area (Å²) in [5.74, 6) is 0. The second-order valence-electron chi connectivity index (χ2n) is 0.357. The van der Waals surface area contributed by atoms with Crippen LogP contribution in [0.15, 0.2) is 0 Å². The summed E-state index contributed by atoms with van der Waals surface area (Å²) in [6.07, 6.45) is 0. The third kappa shape index (κ3) is 8.86. The molecule has 0 saturated carbocycles. The fraction of sp³-hybridized carbons (Fsp3) is 0. The molecule has 6 heavy (non-hydrogen) atoms. The Morgan fingerprint density at radius 1 is 1.67 bits per heavy atom. The summed E-state index contributed by atoms with van der Waals surface area (Å²) in [6.45, 7) is 0. The van der Waals surface area contributed by atoms with Crippen molar-refractivity contribution in [2.75, 3.05) is 0 Å². The van der Waals surface area contributed by atoms with Crippen LogP contribution in [0.3, 0.4) is 0 Å². The van der Waals surface area contributed by atoms with Gasteiger partial charge in [0.2, 0.25) is 0 Å². The minimum absolute atomic E-state index is 0. The van der Waals surface area contributed by atoms with Gasteiger partial charge in [0.15, 0.2) is 0 Å². The Hall–Kier alpha value is 0.910. The van der Waals surface area contributed by atoms with Crippen LogP contribution in [-0.2, 0) is 26.6 Å². The smallest absolute Gasteiger partial charge is 0.387 e. The van der Waals surface area contributed by atoms with Gasteiger partial charge in [-0.25, -0.2) is 4.79 Å². The first-order valence-electron chi connectivity index (χ1n) is 0.814. The van der Waals surface area contributed by atoms with E-state index >= 15 is 0 Å². The molecule has 0 atom stereocenters. The number of rotatable bonds is 0. The van der Waals surface area contributed by atoms with Crippen LogP contribution >= 0.6 is 25.5 Å². The van der Waals surface area contributed by atoms with E-state index in [1.807, 2.05) is 0 Å². The van der Waals surface area contributed by atoms with E-state index in [-0.39, 0.29) is 22.4 Å². The van der Waals surface area contributed by atoms with Gasteiger partial charge in [0, 0.05) is 12.9 Å². The van der Waals surface area contributed by atoms with E-state index in [4.69, 9.17) is 0 Å². The second kappa shape index (κ2) is 5.91. The molecule has 0 aliphatic heterocycles. The topological polar surface area (TPSA) is 26.3 Å². The predicted octanol–water partition coefficient (Wildman–Crippen LogP) is 0.895. The number of hydrogen-bond donors (Lipinski definition) is 2. The van der Waals surface area contributed by atoms with Gasteiger partial charge in [0.05, 0.1) is 0 Å². The van der Waals surface area contributed by atoms with Crippen LogP contribution in [0, 0.1) is 0 Å². The quantitative estimate of drug-likeness (QED) is 0.395. The molecule has 0 radical (unpaired) electrons. The van der Waals surface area contributed by atoms with Gasteiger partial charge in [-0.05, 0) is 0 Å². The van der Waals surface area contributed by atoms with Crippen LogP contribution in [0.25, 0.3) is 0 Å². The third-order valence-corrected chi connectivity index (χ3v) is 0.479.